The van der Waals surface area contributed by atoms with Crippen LogP contribution < -0.4 is 5.73 Å². The molecule has 0 atom stereocenters. The van der Waals surface area contributed by atoms with Gasteiger partial charge in [0, 0.05) is 5.39 Å². The second-order valence-corrected chi connectivity index (χ2v) is 2.68. The number of nitrogen functional groups attached to an aromatic ring is 1. The first-order valence-electron chi connectivity index (χ1n) is 3.95. The van der Waals surface area contributed by atoms with Gasteiger partial charge in [-0.1, -0.05) is 17.0 Å². The maximum Gasteiger partial charge on any atom is 0.352 e. The number of nitrogens with zero attached hydrogens (tertiary/aromatic N) is 1. The lowest BCUT2D eigenvalue weighted by Crippen LogP contribution is -1.84. The summed E-state index contributed by atoms with van der Waals surface area (Å²) in [6.07, 6.45) is 0. The van der Waals surface area contributed by atoms with Gasteiger partial charge in [-0.3, -0.25) is 0 Å². The van der Waals surface area contributed by atoms with Crippen LogP contribution in [0.5, 0.6) is 0 Å². The van der Waals surface area contributed by atoms with Gasteiger partial charge in [-0.15, -0.1) is 0 Å². The molecule has 2 aromatic rings. The molecule has 2 N–H and O–H groups in total. The monoisotopic (exact) mass is 173 g/mol. The molecule has 13 heavy (non-hydrogen) atoms. The first-order valence-corrected chi connectivity index (χ1v) is 3.95. The van der Waals surface area contributed by atoms with E-state index in [0.717, 1.165) is 11.0 Å². The van der Waals surface area contributed by atoms with Crippen LogP contribution in [0.4, 0.5) is 5.69 Å². The summed E-state index contributed by atoms with van der Waals surface area (Å²) in [6.45, 7) is 0. The van der Waals surface area contributed by atoms with Gasteiger partial charge in [0.15, 0.2) is 0 Å². The Morgan fingerprint density at radius 3 is 2.85 bits per heavy atom. The highest BCUT2D eigenvalue weighted by Gasteiger charge is 2.11. The van der Waals surface area contributed by atoms with Gasteiger partial charge in [-0.05, 0) is 12.1 Å². The molecule has 0 aliphatic carbocycles. The van der Waals surface area contributed by atoms with Crippen LogP contribution >= 0.6 is 0 Å². The molecule has 0 amide bonds. The van der Waals surface area contributed by atoms with E-state index in [9.17, 15) is 0 Å². The summed E-state index contributed by atoms with van der Waals surface area (Å²) in [6, 6.07) is 10.3. The Hall–Kier alpha value is -1.95. The number of furan rings is 1. The van der Waals surface area contributed by atoms with Crippen LogP contribution in [-0.2, 0) is 0 Å². The van der Waals surface area contributed by atoms with Crippen LogP contribution in [0.3, 0.4) is 0 Å². The molecular weight excluding hydrogens is 164 g/mol. The second-order valence-electron chi connectivity index (χ2n) is 2.68. The van der Waals surface area contributed by atoms with Crippen molar-refractivity contribution in [2.45, 2.75) is 0 Å². The van der Waals surface area contributed by atoms with E-state index in [1.165, 1.54) is 0 Å². The van der Waals surface area contributed by atoms with Gasteiger partial charge in [0.25, 0.3) is 12.8 Å². The quantitative estimate of drug-likeness (QED) is 0.664. The minimum Gasteiger partial charge on any atom is -0.440 e. The van der Waals surface area contributed by atoms with Crippen molar-refractivity contribution in [3.63, 3.8) is 0 Å². The summed E-state index contributed by atoms with van der Waals surface area (Å²) in [5.41, 5.74) is 7.18. The molecule has 0 spiro atoms. The molecule has 0 aliphatic heterocycles. The number of para-hydroxylation sites is 1. The van der Waals surface area contributed by atoms with Crippen LogP contribution in [0.25, 0.3) is 15.8 Å². The van der Waals surface area contributed by atoms with Crippen molar-refractivity contribution in [2.24, 2.45) is 0 Å². The van der Waals surface area contributed by atoms with Crippen molar-refractivity contribution in [3.8, 4) is 6.07 Å². The fourth-order valence-corrected chi connectivity index (χ4v) is 1.25. The summed E-state index contributed by atoms with van der Waals surface area (Å²) in [5.74, 6) is 0.503. The molecular formula is C10H9N2O+. The van der Waals surface area contributed by atoms with Gasteiger partial charge in [-0.25, -0.2) is 0 Å². The molecule has 3 nitrogen and oxygen atoms in total. The average molecular weight is 173 g/mol. The number of nitrogens with two attached hydrogens (primary N) is 1. The SMILES string of the molecule is C[N+]#Cc1oc2ccccc2c1N. The summed E-state index contributed by atoms with van der Waals surface area (Å²) >= 11 is 0. The Morgan fingerprint density at radius 2 is 2.15 bits per heavy atom. The van der Waals surface area contributed by atoms with Crippen molar-refractivity contribution in [3.05, 3.63) is 34.9 Å². The summed E-state index contributed by atoms with van der Waals surface area (Å²) in [5, 5.41) is 0.911. The largest absolute Gasteiger partial charge is 0.440 e. The molecule has 2 rings (SSSR count). The highest BCUT2D eigenvalue weighted by Crippen LogP contribution is 2.26. The summed E-state index contributed by atoms with van der Waals surface area (Å²) in [7, 11) is 1.63. The Bertz CT molecular complexity index is 502. The molecule has 0 saturated heterocycles. The van der Waals surface area contributed by atoms with E-state index in [-0.39, 0.29) is 0 Å². The molecule has 1 aromatic heterocycles. The molecule has 0 fully saturated rings. The summed E-state index contributed by atoms with van der Waals surface area (Å²) < 4.78 is 5.41. The van der Waals surface area contributed by atoms with Gasteiger partial charge >= 0.3 is 6.07 Å². The lowest BCUT2D eigenvalue weighted by atomic mass is 10.2. The normalized spacial score (nSPS) is 9.62. The average Bonchev–Trinajstić information content (AvgIpc) is 2.46. The van der Waals surface area contributed by atoms with E-state index >= 15 is 0 Å². The fraction of sp³-hybridized carbons (Fsp3) is 0.100. The van der Waals surface area contributed by atoms with Gasteiger partial charge in [0.1, 0.15) is 11.3 Å². The smallest absolute Gasteiger partial charge is 0.352 e. The number of hydrogen-bond acceptors (Lipinski definition) is 2. The zero-order valence-corrected chi connectivity index (χ0v) is 7.24. The molecule has 0 bridgehead atoms. The molecule has 1 aromatic carbocycles. The topological polar surface area (TPSA) is 43.5 Å². The number of anilines is 1. The number of rotatable bonds is 0. The molecule has 0 saturated carbocycles. The second kappa shape index (κ2) is 2.83. The van der Waals surface area contributed by atoms with Crippen molar-refractivity contribution >= 4 is 16.7 Å². The highest BCUT2D eigenvalue weighted by molar-refractivity contribution is 5.92. The first-order chi connectivity index (χ1) is 6.33. The summed E-state index contributed by atoms with van der Waals surface area (Å²) in [4.78, 5) is 3.74. The first kappa shape index (κ1) is 7.69. The fourth-order valence-electron chi connectivity index (χ4n) is 1.25. The maximum atomic E-state index is 5.81. The zero-order valence-electron chi connectivity index (χ0n) is 7.24. The minimum atomic E-state index is 0.503. The standard InChI is InChI=1S/C10H8N2O/c1-12-6-9-10(11)7-4-2-3-5-8(7)13-9/h2-5,11H,1H3/p+1. The lowest BCUT2D eigenvalue weighted by molar-refractivity contribution is 0.602. The predicted molar refractivity (Wildman–Crippen MR) is 52.9 cm³/mol. The van der Waals surface area contributed by atoms with E-state index in [4.69, 9.17) is 10.2 Å². The van der Waals surface area contributed by atoms with Crippen molar-refractivity contribution in [1.29, 1.82) is 0 Å². The third-order valence-corrected chi connectivity index (χ3v) is 1.85. The zero-order chi connectivity index (χ0) is 9.26. The third-order valence-electron chi connectivity index (χ3n) is 1.85. The van der Waals surface area contributed by atoms with Crippen LogP contribution in [-0.4, -0.2) is 7.05 Å². The Labute approximate surface area is 75.6 Å². The van der Waals surface area contributed by atoms with E-state index in [2.05, 4.69) is 10.9 Å². The number of benzene rings is 1. The van der Waals surface area contributed by atoms with Gasteiger partial charge in [-0.2, -0.15) is 0 Å². The van der Waals surface area contributed by atoms with Crippen LogP contribution in [0.1, 0.15) is 5.76 Å². The van der Waals surface area contributed by atoms with Crippen molar-refractivity contribution in [2.75, 3.05) is 12.8 Å². The van der Waals surface area contributed by atoms with Gasteiger partial charge in [0.2, 0.25) is 0 Å². The van der Waals surface area contributed by atoms with Crippen LogP contribution in [0.2, 0.25) is 0 Å². The third kappa shape index (κ3) is 1.13. The highest BCUT2D eigenvalue weighted by atomic mass is 16.3. The molecule has 0 aliphatic rings. The lowest BCUT2D eigenvalue weighted by Gasteiger charge is -1.84. The molecule has 0 radical (unpaired) electrons. The van der Waals surface area contributed by atoms with E-state index in [1.807, 2.05) is 24.3 Å². The predicted octanol–water partition coefficient (Wildman–Crippen LogP) is 2.33. The van der Waals surface area contributed by atoms with Crippen molar-refractivity contribution in [1.82, 2.24) is 0 Å². The molecule has 0 unspecified atom stereocenters. The Morgan fingerprint density at radius 1 is 1.38 bits per heavy atom. The van der Waals surface area contributed by atoms with E-state index in [0.29, 0.717) is 11.4 Å². The molecule has 64 valence electrons. The van der Waals surface area contributed by atoms with Crippen LogP contribution in [0, 0.1) is 6.07 Å². The number of hydrogen-bond donors (Lipinski definition) is 1. The van der Waals surface area contributed by atoms with Gasteiger partial charge < -0.3 is 10.2 Å². The Kier molecular flexibility index (Phi) is 1.67. The van der Waals surface area contributed by atoms with Gasteiger partial charge in [0.05, 0.1) is 0 Å². The Balaban J connectivity index is 2.78. The van der Waals surface area contributed by atoms with E-state index < -0.39 is 0 Å². The van der Waals surface area contributed by atoms with E-state index in [1.54, 1.807) is 7.05 Å². The minimum absolute atomic E-state index is 0.503. The maximum absolute atomic E-state index is 5.81. The van der Waals surface area contributed by atoms with Crippen LogP contribution in [0.15, 0.2) is 28.7 Å². The molecule has 3 heteroatoms. The van der Waals surface area contributed by atoms with Crippen molar-refractivity contribution < 1.29 is 4.42 Å². The molecule has 1 heterocycles. The number of fused-ring (bicyclic) bond motifs is 1.